The second kappa shape index (κ2) is 12.4. The number of para-hydroxylation sites is 3. The third kappa shape index (κ3) is 5.54. The SMILES string of the molecule is Oc1ccccc1-c1nc2c(-c3cc(-c4ccccc4)cc(N(c4ccccn4)c4ccccc4-c4ccccc4)c3)cccc2s1. The Morgan fingerprint density at radius 3 is 1.94 bits per heavy atom. The molecule has 2 heterocycles. The van der Waals surface area contributed by atoms with Gasteiger partial charge < -0.3 is 5.11 Å². The van der Waals surface area contributed by atoms with Crippen molar-refractivity contribution in [2.75, 3.05) is 4.90 Å². The molecule has 4 nitrogen and oxygen atoms in total. The highest BCUT2D eigenvalue weighted by molar-refractivity contribution is 7.21. The zero-order valence-corrected chi connectivity index (χ0v) is 26.2. The number of fused-ring (bicyclic) bond motifs is 1. The number of phenolic OH excluding ortho intramolecular Hbond substituents is 1. The van der Waals surface area contributed by atoms with Gasteiger partial charge in [0.2, 0.25) is 0 Å². The molecule has 0 unspecified atom stereocenters. The van der Waals surface area contributed by atoms with Crippen molar-refractivity contribution in [3.8, 4) is 49.7 Å². The molecule has 0 saturated heterocycles. The van der Waals surface area contributed by atoms with E-state index >= 15 is 0 Å². The average molecular weight is 624 g/mol. The Morgan fingerprint density at radius 2 is 1.17 bits per heavy atom. The van der Waals surface area contributed by atoms with E-state index < -0.39 is 0 Å². The van der Waals surface area contributed by atoms with E-state index in [-0.39, 0.29) is 5.75 Å². The summed E-state index contributed by atoms with van der Waals surface area (Å²) in [5, 5.41) is 11.4. The number of hydrogen-bond donors (Lipinski definition) is 1. The number of nitrogens with zero attached hydrogens (tertiary/aromatic N) is 3. The number of benzene rings is 6. The van der Waals surface area contributed by atoms with Crippen LogP contribution in [0.1, 0.15) is 0 Å². The lowest BCUT2D eigenvalue weighted by Crippen LogP contribution is -2.13. The maximum absolute atomic E-state index is 10.6. The smallest absolute Gasteiger partial charge is 0.137 e. The summed E-state index contributed by atoms with van der Waals surface area (Å²) in [6.07, 6.45) is 1.84. The van der Waals surface area contributed by atoms with Crippen LogP contribution in [0.25, 0.3) is 54.2 Å². The molecular formula is C42H29N3OS. The molecule has 0 aliphatic carbocycles. The first-order valence-corrected chi connectivity index (χ1v) is 16.3. The van der Waals surface area contributed by atoms with Gasteiger partial charge in [0.05, 0.1) is 21.5 Å². The minimum absolute atomic E-state index is 0.226. The van der Waals surface area contributed by atoms with Gasteiger partial charge in [-0.2, -0.15) is 0 Å². The zero-order valence-electron chi connectivity index (χ0n) is 25.4. The third-order valence-corrected chi connectivity index (χ3v) is 9.31. The number of aromatic hydroxyl groups is 1. The van der Waals surface area contributed by atoms with Gasteiger partial charge in [0, 0.05) is 23.0 Å². The fourth-order valence-corrected chi connectivity index (χ4v) is 7.08. The van der Waals surface area contributed by atoms with E-state index in [1.54, 1.807) is 17.4 Å². The third-order valence-electron chi connectivity index (χ3n) is 8.26. The van der Waals surface area contributed by atoms with Crippen molar-refractivity contribution in [2.24, 2.45) is 0 Å². The van der Waals surface area contributed by atoms with Gasteiger partial charge in [-0.25, -0.2) is 9.97 Å². The van der Waals surface area contributed by atoms with Gasteiger partial charge >= 0.3 is 0 Å². The minimum Gasteiger partial charge on any atom is -0.507 e. The largest absolute Gasteiger partial charge is 0.507 e. The Balaban J connectivity index is 1.38. The highest BCUT2D eigenvalue weighted by Gasteiger charge is 2.21. The minimum atomic E-state index is 0.226. The first-order chi connectivity index (χ1) is 23.2. The molecule has 0 fully saturated rings. The molecule has 0 radical (unpaired) electrons. The van der Waals surface area contributed by atoms with Gasteiger partial charge in [0.15, 0.2) is 0 Å². The summed E-state index contributed by atoms with van der Waals surface area (Å²) in [6, 6.07) is 55.9. The lowest BCUT2D eigenvalue weighted by Gasteiger charge is -2.28. The number of pyridine rings is 1. The predicted molar refractivity (Wildman–Crippen MR) is 196 cm³/mol. The molecule has 0 aliphatic rings. The lowest BCUT2D eigenvalue weighted by molar-refractivity contribution is 0.477. The molecule has 5 heteroatoms. The Kier molecular flexibility index (Phi) is 7.50. The molecule has 0 bridgehead atoms. The van der Waals surface area contributed by atoms with Crippen molar-refractivity contribution < 1.29 is 5.11 Å². The van der Waals surface area contributed by atoms with Gasteiger partial charge in [0.25, 0.3) is 0 Å². The molecular weight excluding hydrogens is 595 g/mol. The van der Waals surface area contributed by atoms with Gasteiger partial charge in [-0.1, -0.05) is 109 Å². The van der Waals surface area contributed by atoms with Crippen LogP contribution >= 0.6 is 11.3 Å². The number of phenols is 1. The molecule has 0 spiro atoms. The molecule has 8 aromatic rings. The number of rotatable bonds is 7. The van der Waals surface area contributed by atoms with Crippen LogP contribution in [-0.4, -0.2) is 15.1 Å². The zero-order chi connectivity index (χ0) is 31.6. The van der Waals surface area contributed by atoms with E-state index in [1.165, 1.54) is 0 Å². The van der Waals surface area contributed by atoms with E-state index in [4.69, 9.17) is 9.97 Å². The normalized spacial score (nSPS) is 11.1. The maximum Gasteiger partial charge on any atom is 0.137 e. The summed E-state index contributed by atoms with van der Waals surface area (Å²) in [7, 11) is 0. The van der Waals surface area contributed by atoms with Crippen LogP contribution < -0.4 is 4.90 Å². The summed E-state index contributed by atoms with van der Waals surface area (Å²) < 4.78 is 1.06. The monoisotopic (exact) mass is 623 g/mol. The van der Waals surface area contributed by atoms with Crippen LogP contribution in [-0.2, 0) is 0 Å². The topological polar surface area (TPSA) is 49.3 Å². The van der Waals surface area contributed by atoms with E-state index in [0.29, 0.717) is 0 Å². The van der Waals surface area contributed by atoms with Gasteiger partial charge in [-0.15, -0.1) is 11.3 Å². The molecule has 8 rings (SSSR count). The van der Waals surface area contributed by atoms with Gasteiger partial charge in [0.1, 0.15) is 16.6 Å². The first kappa shape index (κ1) is 28.4. The van der Waals surface area contributed by atoms with Crippen LogP contribution in [0.5, 0.6) is 5.75 Å². The first-order valence-electron chi connectivity index (χ1n) is 15.5. The van der Waals surface area contributed by atoms with Crippen LogP contribution in [0, 0.1) is 0 Å². The van der Waals surface area contributed by atoms with Crippen molar-refractivity contribution in [1.82, 2.24) is 9.97 Å². The van der Waals surface area contributed by atoms with Crippen LogP contribution in [0.4, 0.5) is 17.2 Å². The van der Waals surface area contributed by atoms with Gasteiger partial charge in [-0.05, 0) is 76.9 Å². The quantitative estimate of drug-likeness (QED) is 0.192. The van der Waals surface area contributed by atoms with Crippen molar-refractivity contribution >= 4 is 38.7 Å². The average Bonchev–Trinajstić information content (AvgIpc) is 3.58. The van der Waals surface area contributed by atoms with Crippen LogP contribution in [0.3, 0.4) is 0 Å². The summed E-state index contributed by atoms with van der Waals surface area (Å²) in [5.41, 5.74) is 10.2. The Morgan fingerprint density at radius 1 is 0.511 bits per heavy atom. The second-order valence-electron chi connectivity index (χ2n) is 11.2. The second-order valence-corrected chi connectivity index (χ2v) is 12.3. The molecule has 6 aromatic carbocycles. The van der Waals surface area contributed by atoms with Crippen molar-refractivity contribution in [1.29, 1.82) is 0 Å². The van der Waals surface area contributed by atoms with E-state index in [9.17, 15) is 5.11 Å². The lowest BCUT2D eigenvalue weighted by atomic mass is 9.96. The molecule has 47 heavy (non-hydrogen) atoms. The number of thiazole rings is 1. The van der Waals surface area contributed by atoms with Gasteiger partial charge in [-0.3, -0.25) is 4.90 Å². The summed E-state index contributed by atoms with van der Waals surface area (Å²) in [6.45, 7) is 0. The van der Waals surface area contributed by atoms with Crippen molar-refractivity contribution in [3.05, 3.63) is 170 Å². The fourth-order valence-electron chi connectivity index (χ4n) is 6.06. The molecule has 224 valence electrons. The van der Waals surface area contributed by atoms with Crippen LogP contribution in [0.15, 0.2) is 170 Å². The highest BCUT2D eigenvalue weighted by Crippen LogP contribution is 2.44. The molecule has 2 aromatic heterocycles. The van der Waals surface area contributed by atoms with Crippen molar-refractivity contribution in [3.63, 3.8) is 0 Å². The fraction of sp³-hybridized carbons (Fsp3) is 0. The predicted octanol–water partition coefficient (Wildman–Crippen LogP) is 11.5. The molecule has 0 atom stereocenters. The molecule has 0 aliphatic heterocycles. The highest BCUT2D eigenvalue weighted by atomic mass is 32.1. The Labute approximate surface area is 277 Å². The number of aromatic nitrogens is 2. The Bertz CT molecular complexity index is 2320. The standard InChI is InChI=1S/C42H29N3OS/c46-38-22-10-8-19-36(38)42-44-41-35(20-13-23-39(41)47-42)32-26-31(29-14-3-1-4-15-29)27-33(28-32)45(40-24-11-12-25-43-40)37-21-9-7-18-34(37)30-16-5-2-6-17-30/h1-28,46H. The summed E-state index contributed by atoms with van der Waals surface area (Å²) >= 11 is 1.59. The molecule has 0 amide bonds. The summed E-state index contributed by atoms with van der Waals surface area (Å²) in [4.78, 5) is 12.2. The van der Waals surface area contributed by atoms with Crippen molar-refractivity contribution in [2.45, 2.75) is 0 Å². The Hall–Kier alpha value is -6.04. The summed E-state index contributed by atoms with van der Waals surface area (Å²) in [5.74, 6) is 1.05. The van der Waals surface area contributed by atoms with Crippen LogP contribution in [0.2, 0.25) is 0 Å². The number of hydrogen-bond acceptors (Lipinski definition) is 5. The molecule has 0 saturated carbocycles. The van der Waals surface area contributed by atoms with E-state index in [2.05, 4.69) is 120 Å². The molecule has 1 N–H and O–H groups in total. The maximum atomic E-state index is 10.6. The van der Waals surface area contributed by atoms with E-state index in [0.717, 1.165) is 71.4 Å². The van der Waals surface area contributed by atoms with E-state index in [1.807, 2.05) is 48.7 Å². The number of anilines is 3.